The summed E-state index contributed by atoms with van der Waals surface area (Å²) in [5.74, 6) is -2.58. The van der Waals surface area contributed by atoms with Crippen molar-refractivity contribution in [3.63, 3.8) is 0 Å². The third-order valence-electron chi connectivity index (χ3n) is 3.60. The average molecular weight is 422 g/mol. The number of ether oxygens (including phenoxy) is 1. The lowest BCUT2D eigenvalue weighted by Crippen LogP contribution is -2.23. The van der Waals surface area contributed by atoms with Gasteiger partial charge in [0.15, 0.2) is 17.2 Å². The number of thiophene rings is 1. The highest BCUT2D eigenvalue weighted by Gasteiger charge is 2.21. The van der Waals surface area contributed by atoms with Crippen LogP contribution in [0.4, 0.5) is 0 Å². The molecule has 28 heavy (non-hydrogen) atoms. The Hall–Kier alpha value is -3.02. The molecule has 0 unspecified atom stereocenters. The number of nitrogens with zero attached hydrogens (tertiary/aromatic N) is 1. The molecule has 0 atom stereocenters. The molecule has 0 amide bonds. The minimum absolute atomic E-state index is 0.0705. The molecule has 0 bridgehead atoms. The second kappa shape index (κ2) is 7.92. The van der Waals surface area contributed by atoms with Crippen LogP contribution in [0.25, 0.3) is 10.2 Å². The average Bonchev–Trinajstić information content (AvgIpc) is 3.03. The van der Waals surface area contributed by atoms with Gasteiger partial charge in [0.2, 0.25) is 10.0 Å². The minimum Gasteiger partial charge on any atom is -0.479 e. The van der Waals surface area contributed by atoms with Crippen molar-refractivity contribution >= 4 is 43.5 Å². The number of nitrogens with one attached hydrogen (secondary N) is 1. The lowest BCUT2D eigenvalue weighted by atomic mass is 10.2. The fourth-order valence-electron chi connectivity index (χ4n) is 2.36. The Labute approximate surface area is 163 Å². The van der Waals surface area contributed by atoms with Gasteiger partial charge in [-0.3, -0.25) is 0 Å². The fourth-order valence-corrected chi connectivity index (χ4v) is 4.36. The fraction of sp³-hybridized carbons (Fsp3) is 0.118. The van der Waals surface area contributed by atoms with Crippen LogP contribution in [-0.4, -0.2) is 42.2 Å². The number of carboxylic acids is 2. The van der Waals surface area contributed by atoms with E-state index in [0.717, 1.165) is 11.3 Å². The number of pyridine rings is 1. The van der Waals surface area contributed by atoms with E-state index in [-0.39, 0.29) is 22.1 Å². The first-order chi connectivity index (χ1) is 13.3. The van der Waals surface area contributed by atoms with Crippen LogP contribution in [0.15, 0.2) is 47.4 Å². The number of hydrogen-bond acceptors (Lipinski definition) is 7. The maximum atomic E-state index is 12.3. The molecule has 11 heteroatoms. The van der Waals surface area contributed by atoms with Gasteiger partial charge in [-0.15, -0.1) is 11.3 Å². The van der Waals surface area contributed by atoms with Crippen molar-refractivity contribution < 1.29 is 33.0 Å². The van der Waals surface area contributed by atoms with Crippen LogP contribution < -0.4 is 9.46 Å². The summed E-state index contributed by atoms with van der Waals surface area (Å²) in [6.07, 6.45) is 0. The maximum absolute atomic E-state index is 12.3. The molecule has 0 saturated carbocycles. The summed E-state index contributed by atoms with van der Waals surface area (Å²) in [5.41, 5.74) is 0.370. The largest absolute Gasteiger partial charge is 0.479 e. The molecule has 1 aromatic carbocycles. The maximum Gasteiger partial charge on any atom is 0.349 e. The molecule has 0 aliphatic heterocycles. The van der Waals surface area contributed by atoms with Gasteiger partial charge in [0, 0.05) is 0 Å². The zero-order valence-corrected chi connectivity index (χ0v) is 15.8. The standard InChI is InChI=1S/C17H14N2O7S2/c20-13(21)9-26-14-12-7-6-10(19-16(12)27-15(14)17(22)23)8-18-28(24,25)11-4-2-1-3-5-11/h1-7,18H,8-9H2,(H,20,21)(H,22,23). The number of carboxylic acid groups (broad SMARTS) is 2. The summed E-state index contributed by atoms with van der Waals surface area (Å²) in [6, 6.07) is 10.9. The van der Waals surface area contributed by atoms with Gasteiger partial charge < -0.3 is 14.9 Å². The molecule has 9 nitrogen and oxygen atoms in total. The zero-order valence-electron chi connectivity index (χ0n) is 14.2. The van der Waals surface area contributed by atoms with Gasteiger partial charge >= 0.3 is 11.9 Å². The molecule has 3 rings (SSSR count). The molecular formula is C17H14N2O7S2. The normalized spacial score (nSPS) is 11.4. The number of benzene rings is 1. The monoisotopic (exact) mass is 422 g/mol. The van der Waals surface area contributed by atoms with Crippen LogP contribution in [-0.2, 0) is 21.4 Å². The molecule has 0 radical (unpaired) electrons. The molecule has 146 valence electrons. The van der Waals surface area contributed by atoms with Crippen LogP contribution in [0.5, 0.6) is 5.75 Å². The van der Waals surface area contributed by atoms with Crippen LogP contribution in [0.3, 0.4) is 0 Å². The highest BCUT2D eigenvalue weighted by Crippen LogP contribution is 2.37. The zero-order chi connectivity index (χ0) is 20.3. The Bertz CT molecular complexity index is 1140. The SMILES string of the molecule is O=C(O)COc1c(C(=O)O)sc2nc(CNS(=O)(=O)c3ccccc3)ccc12. The Balaban J connectivity index is 1.86. The Morgan fingerprint density at radius 3 is 2.46 bits per heavy atom. The molecule has 0 spiro atoms. The number of sulfonamides is 1. The number of hydrogen-bond donors (Lipinski definition) is 3. The summed E-state index contributed by atoms with van der Waals surface area (Å²) >= 11 is 0.822. The first kappa shape index (κ1) is 19.7. The van der Waals surface area contributed by atoms with E-state index in [1.807, 2.05) is 0 Å². The van der Waals surface area contributed by atoms with Crippen molar-refractivity contribution in [1.82, 2.24) is 9.71 Å². The Kier molecular flexibility index (Phi) is 5.58. The van der Waals surface area contributed by atoms with E-state index < -0.39 is 28.6 Å². The Morgan fingerprint density at radius 2 is 1.82 bits per heavy atom. The van der Waals surface area contributed by atoms with E-state index in [2.05, 4.69) is 9.71 Å². The molecule has 3 N–H and O–H groups in total. The number of carbonyl (C=O) groups is 2. The molecular weight excluding hydrogens is 408 g/mol. The van der Waals surface area contributed by atoms with Crippen molar-refractivity contribution in [2.75, 3.05) is 6.61 Å². The molecule has 0 saturated heterocycles. The van der Waals surface area contributed by atoms with Crippen molar-refractivity contribution in [1.29, 1.82) is 0 Å². The molecule has 0 fully saturated rings. The highest BCUT2D eigenvalue weighted by atomic mass is 32.2. The third kappa shape index (κ3) is 4.27. The van der Waals surface area contributed by atoms with E-state index in [0.29, 0.717) is 15.9 Å². The number of aliphatic carboxylic acids is 1. The summed E-state index contributed by atoms with van der Waals surface area (Å²) in [7, 11) is -3.72. The second-order valence-electron chi connectivity index (χ2n) is 5.54. The van der Waals surface area contributed by atoms with Gasteiger partial charge in [-0.2, -0.15) is 0 Å². The molecule has 2 heterocycles. The molecule has 0 aliphatic rings. The van der Waals surface area contributed by atoms with Gasteiger partial charge in [0.05, 0.1) is 22.5 Å². The quantitative estimate of drug-likeness (QED) is 0.500. The predicted molar refractivity (Wildman–Crippen MR) is 100 cm³/mol. The smallest absolute Gasteiger partial charge is 0.349 e. The summed E-state index contributed by atoms with van der Waals surface area (Å²) in [6.45, 7) is -0.788. The number of aromatic carboxylic acids is 1. The number of fused-ring (bicyclic) bond motifs is 1. The van der Waals surface area contributed by atoms with Crippen molar-refractivity contribution in [2.24, 2.45) is 0 Å². The van der Waals surface area contributed by atoms with Crippen LogP contribution >= 0.6 is 11.3 Å². The van der Waals surface area contributed by atoms with Crippen molar-refractivity contribution in [2.45, 2.75) is 11.4 Å². The minimum atomic E-state index is -3.72. The van der Waals surface area contributed by atoms with Crippen LogP contribution in [0.1, 0.15) is 15.4 Å². The lowest BCUT2D eigenvalue weighted by Gasteiger charge is -2.07. The topological polar surface area (TPSA) is 143 Å². The molecule has 2 aromatic heterocycles. The van der Waals surface area contributed by atoms with Gasteiger partial charge in [-0.25, -0.2) is 27.7 Å². The van der Waals surface area contributed by atoms with Crippen LogP contribution in [0.2, 0.25) is 0 Å². The Morgan fingerprint density at radius 1 is 1.11 bits per heavy atom. The van der Waals surface area contributed by atoms with Gasteiger partial charge in [-0.05, 0) is 24.3 Å². The second-order valence-corrected chi connectivity index (χ2v) is 8.31. The van der Waals surface area contributed by atoms with E-state index >= 15 is 0 Å². The van der Waals surface area contributed by atoms with E-state index in [1.165, 1.54) is 24.3 Å². The first-order valence-electron chi connectivity index (χ1n) is 7.83. The lowest BCUT2D eigenvalue weighted by molar-refractivity contribution is -0.139. The van der Waals surface area contributed by atoms with E-state index in [4.69, 9.17) is 9.84 Å². The van der Waals surface area contributed by atoms with Gasteiger partial charge in [0.25, 0.3) is 0 Å². The summed E-state index contributed by atoms with van der Waals surface area (Å²) < 4.78 is 32.1. The summed E-state index contributed by atoms with van der Waals surface area (Å²) in [4.78, 5) is 26.6. The molecule has 3 aromatic rings. The van der Waals surface area contributed by atoms with Crippen LogP contribution in [0, 0.1) is 0 Å². The van der Waals surface area contributed by atoms with Crippen molar-refractivity contribution in [3.8, 4) is 5.75 Å². The van der Waals surface area contributed by atoms with Gasteiger partial charge in [-0.1, -0.05) is 18.2 Å². The first-order valence-corrected chi connectivity index (χ1v) is 10.1. The highest BCUT2D eigenvalue weighted by molar-refractivity contribution is 7.89. The summed E-state index contributed by atoms with van der Waals surface area (Å²) in [5, 5.41) is 18.4. The van der Waals surface area contributed by atoms with Crippen molar-refractivity contribution in [3.05, 3.63) is 53.0 Å². The third-order valence-corrected chi connectivity index (χ3v) is 6.08. The van der Waals surface area contributed by atoms with Gasteiger partial charge in [0.1, 0.15) is 4.83 Å². The van der Waals surface area contributed by atoms with E-state index in [9.17, 15) is 23.1 Å². The number of rotatable bonds is 8. The van der Waals surface area contributed by atoms with E-state index in [1.54, 1.807) is 18.2 Å². The molecule has 0 aliphatic carbocycles. The number of aromatic nitrogens is 1. The predicted octanol–water partition coefficient (Wildman–Crippen LogP) is 1.94.